The molecule has 1 atom stereocenters. The Morgan fingerprint density at radius 2 is 2.00 bits per heavy atom. The van der Waals surface area contributed by atoms with Crippen molar-refractivity contribution in [2.24, 2.45) is 0 Å². The highest BCUT2D eigenvalue weighted by Crippen LogP contribution is 2.26. The summed E-state index contributed by atoms with van der Waals surface area (Å²) in [6, 6.07) is 4.92. The van der Waals surface area contributed by atoms with Gasteiger partial charge in [0.25, 0.3) is 5.91 Å². The number of nitrogens with zero attached hydrogens (tertiary/aromatic N) is 3. The van der Waals surface area contributed by atoms with Gasteiger partial charge >= 0.3 is 5.97 Å². The van der Waals surface area contributed by atoms with Crippen LogP contribution in [0.4, 0.5) is 10.8 Å². The van der Waals surface area contributed by atoms with Gasteiger partial charge in [-0.2, -0.15) is 0 Å². The van der Waals surface area contributed by atoms with Crippen LogP contribution in [-0.2, 0) is 25.4 Å². The molecule has 1 N–H and O–H groups in total. The van der Waals surface area contributed by atoms with Gasteiger partial charge in [-0.15, -0.1) is 11.3 Å². The maximum Gasteiger partial charge on any atom is 0.339 e. The second-order valence-corrected chi connectivity index (χ2v) is 8.94. The van der Waals surface area contributed by atoms with Crippen molar-refractivity contribution in [3.63, 3.8) is 0 Å². The Bertz CT molecular complexity index is 1050. The molecule has 10 nitrogen and oxygen atoms in total. The molecule has 34 heavy (non-hydrogen) atoms. The Morgan fingerprint density at radius 1 is 1.21 bits per heavy atom. The lowest BCUT2D eigenvalue weighted by molar-refractivity contribution is -0.134. The van der Waals surface area contributed by atoms with Crippen LogP contribution in [0.25, 0.3) is 0 Å². The summed E-state index contributed by atoms with van der Waals surface area (Å²) < 4.78 is 15.6. The second kappa shape index (κ2) is 10.9. The Kier molecular flexibility index (Phi) is 7.76. The number of hydrogen-bond acceptors (Lipinski definition) is 9. The molecule has 0 spiro atoms. The van der Waals surface area contributed by atoms with Gasteiger partial charge in [-0.3, -0.25) is 9.59 Å². The lowest BCUT2D eigenvalue weighted by Gasteiger charge is -2.27. The van der Waals surface area contributed by atoms with Crippen LogP contribution in [0, 0.1) is 0 Å². The first-order valence-electron chi connectivity index (χ1n) is 11.1. The average molecular weight is 489 g/mol. The first-order valence-corrected chi connectivity index (χ1v) is 12.0. The van der Waals surface area contributed by atoms with Crippen LogP contribution >= 0.6 is 11.3 Å². The Hall–Kier alpha value is -3.02. The average Bonchev–Trinajstić information content (AvgIpc) is 3.55. The number of benzene rings is 1. The molecule has 2 saturated heterocycles. The third kappa shape index (κ3) is 5.54. The summed E-state index contributed by atoms with van der Waals surface area (Å²) in [6.45, 7) is 3.71. The van der Waals surface area contributed by atoms with Crippen molar-refractivity contribution in [2.45, 2.75) is 18.9 Å². The highest BCUT2D eigenvalue weighted by atomic mass is 32.1. The molecule has 1 aromatic carbocycles. The van der Waals surface area contributed by atoms with E-state index in [2.05, 4.69) is 15.2 Å². The number of ether oxygens (including phenoxy) is 3. The number of hydrogen-bond donors (Lipinski definition) is 1. The maximum absolute atomic E-state index is 12.9. The zero-order valence-electron chi connectivity index (χ0n) is 19.2. The summed E-state index contributed by atoms with van der Waals surface area (Å²) in [6.07, 6.45) is 1.23. The minimum atomic E-state index is -0.599. The largest absolute Gasteiger partial charge is 0.465 e. The molecule has 0 bridgehead atoms. The molecular formula is C23H28N4O6S. The van der Waals surface area contributed by atoms with Gasteiger partial charge in [-0.05, 0) is 24.1 Å². The molecule has 2 aromatic rings. The number of esters is 1. The molecule has 2 aliphatic heterocycles. The lowest BCUT2D eigenvalue weighted by Crippen LogP contribution is -2.41. The highest BCUT2D eigenvalue weighted by molar-refractivity contribution is 7.14. The molecule has 3 heterocycles. The molecule has 182 valence electrons. The van der Waals surface area contributed by atoms with Crippen LogP contribution in [0.2, 0.25) is 0 Å². The molecule has 0 saturated carbocycles. The van der Waals surface area contributed by atoms with Crippen molar-refractivity contribution < 1.29 is 28.6 Å². The van der Waals surface area contributed by atoms with E-state index in [1.807, 2.05) is 0 Å². The topological polar surface area (TPSA) is 110 Å². The van der Waals surface area contributed by atoms with Crippen molar-refractivity contribution in [3.8, 4) is 0 Å². The minimum Gasteiger partial charge on any atom is -0.465 e. The van der Waals surface area contributed by atoms with Crippen LogP contribution in [0.15, 0.2) is 23.6 Å². The van der Waals surface area contributed by atoms with Crippen LogP contribution in [-0.4, -0.2) is 87.4 Å². The van der Waals surface area contributed by atoms with Crippen LogP contribution in [0.3, 0.4) is 0 Å². The fourth-order valence-electron chi connectivity index (χ4n) is 3.98. The molecule has 11 heteroatoms. The first-order chi connectivity index (χ1) is 16.5. The monoisotopic (exact) mass is 488 g/mol. The van der Waals surface area contributed by atoms with Crippen LogP contribution < -0.4 is 10.2 Å². The highest BCUT2D eigenvalue weighted by Gasteiger charge is 2.26. The Morgan fingerprint density at radius 3 is 2.71 bits per heavy atom. The number of thiazole rings is 1. The molecule has 0 aliphatic carbocycles. The van der Waals surface area contributed by atoms with Gasteiger partial charge < -0.3 is 29.3 Å². The van der Waals surface area contributed by atoms with E-state index in [0.717, 1.165) is 24.6 Å². The predicted octanol–water partition coefficient (Wildman–Crippen LogP) is 1.81. The van der Waals surface area contributed by atoms with E-state index >= 15 is 0 Å². The quantitative estimate of drug-likeness (QED) is 0.588. The van der Waals surface area contributed by atoms with E-state index in [1.54, 1.807) is 35.6 Å². The van der Waals surface area contributed by atoms with Crippen molar-refractivity contribution in [2.75, 3.05) is 63.8 Å². The van der Waals surface area contributed by atoms with Gasteiger partial charge in [0.15, 0.2) is 5.13 Å². The third-order valence-corrected chi connectivity index (χ3v) is 6.83. The smallest absolute Gasteiger partial charge is 0.339 e. The molecule has 0 unspecified atom stereocenters. The van der Waals surface area contributed by atoms with Gasteiger partial charge in [-0.1, -0.05) is 6.07 Å². The van der Waals surface area contributed by atoms with Gasteiger partial charge in [-0.25, -0.2) is 9.78 Å². The zero-order chi connectivity index (χ0) is 24.1. The lowest BCUT2D eigenvalue weighted by atomic mass is 10.0. The van der Waals surface area contributed by atoms with Crippen molar-refractivity contribution in [1.29, 1.82) is 0 Å². The molecule has 2 fully saturated rings. The number of carbonyl (C=O) groups excluding carboxylic acids is 3. The second-order valence-electron chi connectivity index (χ2n) is 8.10. The summed E-state index contributed by atoms with van der Waals surface area (Å²) >= 11 is 1.39. The predicted molar refractivity (Wildman–Crippen MR) is 127 cm³/mol. The van der Waals surface area contributed by atoms with E-state index in [1.165, 1.54) is 18.4 Å². The number of methoxy groups -OCH3 is 2. The number of nitrogens with one attached hydrogen (secondary N) is 1. The van der Waals surface area contributed by atoms with E-state index in [4.69, 9.17) is 14.2 Å². The Balaban J connectivity index is 1.46. The molecule has 2 amide bonds. The third-order valence-electron chi connectivity index (χ3n) is 5.93. The van der Waals surface area contributed by atoms with Gasteiger partial charge in [0.1, 0.15) is 5.69 Å². The van der Waals surface area contributed by atoms with Crippen LogP contribution in [0.1, 0.15) is 32.8 Å². The number of rotatable bonds is 7. The molecule has 2 aliphatic rings. The molecule has 1 aromatic heterocycles. The summed E-state index contributed by atoms with van der Waals surface area (Å²) in [5, 5.41) is 5.21. The number of amides is 2. The maximum atomic E-state index is 12.9. The first kappa shape index (κ1) is 24.1. The fraction of sp³-hybridized carbons (Fsp3) is 0.478. The van der Waals surface area contributed by atoms with E-state index in [-0.39, 0.29) is 29.7 Å². The summed E-state index contributed by atoms with van der Waals surface area (Å²) in [5.74, 6) is -1.06. The van der Waals surface area contributed by atoms with Crippen molar-refractivity contribution >= 4 is 39.9 Å². The molecular weight excluding hydrogens is 460 g/mol. The number of morpholine rings is 1. The molecule has 0 radical (unpaired) electrons. The minimum absolute atomic E-state index is 0.0384. The Labute approximate surface area is 201 Å². The van der Waals surface area contributed by atoms with Gasteiger partial charge in [0.05, 0.1) is 44.1 Å². The SMILES string of the molecule is COC(=O)c1cc(CC(=O)N2CCOCC2)ccc1NC(=O)c1csc(N2CC[C@H](OC)C2)n1. The zero-order valence-corrected chi connectivity index (χ0v) is 20.1. The van der Waals surface area contributed by atoms with E-state index in [0.29, 0.717) is 37.6 Å². The fourth-order valence-corrected chi connectivity index (χ4v) is 4.83. The number of anilines is 2. The van der Waals surface area contributed by atoms with Gasteiger partial charge in [0.2, 0.25) is 5.91 Å². The van der Waals surface area contributed by atoms with Crippen molar-refractivity contribution in [1.82, 2.24) is 9.88 Å². The molecule has 4 rings (SSSR count). The van der Waals surface area contributed by atoms with Gasteiger partial charge in [0, 0.05) is 38.7 Å². The van der Waals surface area contributed by atoms with E-state index < -0.39 is 11.9 Å². The number of aromatic nitrogens is 1. The van der Waals surface area contributed by atoms with Crippen LogP contribution in [0.5, 0.6) is 0 Å². The van der Waals surface area contributed by atoms with E-state index in [9.17, 15) is 14.4 Å². The summed E-state index contributed by atoms with van der Waals surface area (Å²) in [5.41, 5.74) is 1.41. The summed E-state index contributed by atoms with van der Waals surface area (Å²) in [7, 11) is 2.97. The standard InChI is InChI=1S/C23H28N4O6S/c1-31-16-5-6-27(13-16)23-25-19(14-34-23)21(29)24-18-4-3-15(11-17(18)22(30)32-2)12-20(28)26-7-9-33-10-8-26/h3-4,11,14,16H,5-10,12-13H2,1-2H3,(H,24,29)/t16-/m0/s1. The normalized spacial score (nSPS) is 18.1. The van der Waals surface area contributed by atoms with Crippen molar-refractivity contribution in [3.05, 3.63) is 40.4 Å². The summed E-state index contributed by atoms with van der Waals surface area (Å²) in [4.78, 5) is 46.2. The number of carbonyl (C=O) groups is 3.